The number of nitrogens with zero attached hydrogens (tertiary/aromatic N) is 2. The Morgan fingerprint density at radius 3 is 2.72 bits per heavy atom. The van der Waals surface area contributed by atoms with E-state index >= 15 is 0 Å². The molecule has 29 heavy (non-hydrogen) atoms. The molecule has 1 saturated carbocycles. The molecule has 1 amide bonds. The quantitative estimate of drug-likeness (QED) is 0.585. The average molecular weight is 391 g/mol. The topological polar surface area (TPSA) is 61.0 Å². The number of H-pyrrole nitrogens is 1. The van der Waals surface area contributed by atoms with Gasteiger partial charge in [-0.25, -0.2) is 0 Å². The predicted octanol–water partition coefficient (Wildman–Crippen LogP) is 3.74. The van der Waals surface area contributed by atoms with Crippen LogP contribution in [0.4, 0.5) is 0 Å². The van der Waals surface area contributed by atoms with Crippen LogP contribution in [-0.4, -0.2) is 47.7 Å². The Labute approximate surface area is 172 Å². The van der Waals surface area contributed by atoms with Gasteiger partial charge in [0.15, 0.2) is 0 Å². The summed E-state index contributed by atoms with van der Waals surface area (Å²) in [6.45, 7) is 0.654. The third-order valence-corrected chi connectivity index (χ3v) is 6.07. The smallest absolute Gasteiger partial charge is 0.220 e. The van der Waals surface area contributed by atoms with Crippen LogP contribution < -0.4 is 5.32 Å². The van der Waals surface area contributed by atoms with E-state index in [0.29, 0.717) is 24.8 Å². The van der Waals surface area contributed by atoms with Crippen molar-refractivity contribution in [3.05, 3.63) is 65.9 Å². The van der Waals surface area contributed by atoms with Gasteiger partial charge in [0.2, 0.25) is 5.91 Å². The molecule has 5 heteroatoms. The molecule has 0 radical (unpaired) electrons. The van der Waals surface area contributed by atoms with Crippen molar-refractivity contribution in [1.29, 1.82) is 0 Å². The molecular formula is C24H30N4O. The number of hydrogen-bond acceptors (Lipinski definition) is 3. The monoisotopic (exact) mass is 390 g/mol. The van der Waals surface area contributed by atoms with Crippen molar-refractivity contribution in [1.82, 2.24) is 20.4 Å². The maximum atomic E-state index is 12.7. The van der Waals surface area contributed by atoms with E-state index < -0.39 is 0 Å². The first-order valence-corrected chi connectivity index (χ1v) is 10.5. The minimum atomic E-state index is 0.155. The molecular weight excluding hydrogens is 360 g/mol. The Hall–Kier alpha value is -2.66. The van der Waals surface area contributed by atoms with Crippen LogP contribution in [0, 0.1) is 5.92 Å². The molecule has 3 aromatic rings. The lowest BCUT2D eigenvalue weighted by Crippen LogP contribution is -2.42. The van der Waals surface area contributed by atoms with Gasteiger partial charge in [-0.05, 0) is 68.5 Å². The zero-order valence-electron chi connectivity index (χ0n) is 17.3. The zero-order valence-corrected chi connectivity index (χ0v) is 17.3. The zero-order chi connectivity index (χ0) is 20.2. The van der Waals surface area contributed by atoms with E-state index in [-0.39, 0.29) is 11.9 Å². The number of likely N-dealkylation sites (N-methyl/N-ethyl adjacent to an activating group) is 1. The molecule has 4 rings (SSSR count). The van der Waals surface area contributed by atoms with E-state index in [1.165, 1.54) is 24.0 Å². The number of carbonyl (C=O) groups is 1. The Morgan fingerprint density at radius 1 is 1.21 bits per heavy atom. The van der Waals surface area contributed by atoms with Gasteiger partial charge in [0.25, 0.3) is 0 Å². The first-order valence-electron chi connectivity index (χ1n) is 10.5. The molecule has 1 aliphatic carbocycles. The van der Waals surface area contributed by atoms with E-state index in [1.54, 1.807) is 0 Å². The summed E-state index contributed by atoms with van der Waals surface area (Å²) in [5, 5.41) is 11.4. The van der Waals surface area contributed by atoms with Crippen molar-refractivity contribution < 1.29 is 4.79 Å². The van der Waals surface area contributed by atoms with Crippen molar-refractivity contribution in [3.8, 4) is 0 Å². The largest absolute Gasteiger partial charge is 0.355 e. The normalized spacial score (nSPS) is 16.1. The fourth-order valence-corrected chi connectivity index (χ4v) is 4.09. The van der Waals surface area contributed by atoms with Crippen LogP contribution in [0.1, 0.15) is 36.3 Å². The van der Waals surface area contributed by atoms with Crippen LogP contribution in [0.3, 0.4) is 0 Å². The average Bonchev–Trinajstić information content (AvgIpc) is 3.46. The highest BCUT2D eigenvalue weighted by molar-refractivity contribution is 5.78. The molecule has 0 saturated heterocycles. The second-order valence-corrected chi connectivity index (χ2v) is 8.48. The van der Waals surface area contributed by atoms with E-state index in [9.17, 15) is 4.79 Å². The highest BCUT2D eigenvalue weighted by Crippen LogP contribution is 2.44. The van der Waals surface area contributed by atoms with Gasteiger partial charge in [0.05, 0.1) is 11.7 Å². The molecule has 2 unspecified atom stereocenters. The molecule has 1 fully saturated rings. The molecule has 152 valence electrons. The van der Waals surface area contributed by atoms with Crippen molar-refractivity contribution in [2.24, 2.45) is 5.92 Å². The van der Waals surface area contributed by atoms with E-state index in [1.807, 2.05) is 12.3 Å². The van der Waals surface area contributed by atoms with Gasteiger partial charge in [0, 0.05) is 24.4 Å². The van der Waals surface area contributed by atoms with Crippen LogP contribution >= 0.6 is 0 Å². The van der Waals surface area contributed by atoms with Crippen molar-refractivity contribution in [2.75, 3.05) is 20.6 Å². The Balaban J connectivity index is 1.35. The SMILES string of the molecule is CN(C)C(CNC(=O)CC(c1ccccc1)C1CC1)Cc1ccc2[nH]ncc2c1. The van der Waals surface area contributed by atoms with Crippen LogP contribution in [0.2, 0.25) is 0 Å². The Morgan fingerprint density at radius 2 is 2.00 bits per heavy atom. The van der Waals surface area contributed by atoms with E-state index in [2.05, 4.69) is 77.0 Å². The molecule has 1 heterocycles. The second kappa shape index (κ2) is 8.78. The van der Waals surface area contributed by atoms with Gasteiger partial charge in [-0.3, -0.25) is 9.89 Å². The number of carbonyl (C=O) groups excluding carboxylic acids is 1. The summed E-state index contributed by atoms with van der Waals surface area (Å²) >= 11 is 0. The highest BCUT2D eigenvalue weighted by Gasteiger charge is 2.33. The Bertz CT molecular complexity index is 946. The fraction of sp³-hybridized carbons (Fsp3) is 0.417. The minimum Gasteiger partial charge on any atom is -0.355 e. The molecule has 2 aromatic carbocycles. The number of nitrogens with one attached hydrogen (secondary N) is 2. The third-order valence-electron chi connectivity index (χ3n) is 6.07. The predicted molar refractivity (Wildman–Crippen MR) is 117 cm³/mol. The maximum absolute atomic E-state index is 12.7. The first-order chi connectivity index (χ1) is 14.1. The van der Waals surface area contributed by atoms with Crippen molar-refractivity contribution in [2.45, 2.75) is 37.6 Å². The Kier molecular flexibility index (Phi) is 5.95. The number of aromatic nitrogens is 2. The number of aromatic amines is 1. The van der Waals surface area contributed by atoms with E-state index in [0.717, 1.165) is 17.3 Å². The van der Waals surface area contributed by atoms with Crippen LogP contribution in [-0.2, 0) is 11.2 Å². The number of fused-ring (bicyclic) bond motifs is 1. The van der Waals surface area contributed by atoms with Crippen LogP contribution in [0.15, 0.2) is 54.7 Å². The van der Waals surface area contributed by atoms with Crippen LogP contribution in [0.25, 0.3) is 10.9 Å². The third kappa shape index (κ3) is 5.04. The number of rotatable bonds is 9. The summed E-state index contributed by atoms with van der Waals surface area (Å²) in [6.07, 6.45) is 5.80. The minimum absolute atomic E-state index is 0.155. The lowest BCUT2D eigenvalue weighted by molar-refractivity contribution is -0.121. The molecule has 0 spiro atoms. The van der Waals surface area contributed by atoms with Crippen molar-refractivity contribution in [3.63, 3.8) is 0 Å². The number of amides is 1. The lowest BCUT2D eigenvalue weighted by Gasteiger charge is -2.25. The summed E-state index contributed by atoms with van der Waals surface area (Å²) in [5.41, 5.74) is 3.60. The van der Waals surface area contributed by atoms with Gasteiger partial charge in [0.1, 0.15) is 0 Å². The summed E-state index contributed by atoms with van der Waals surface area (Å²) in [4.78, 5) is 14.9. The van der Waals surface area contributed by atoms with Crippen molar-refractivity contribution >= 4 is 16.8 Å². The molecule has 2 N–H and O–H groups in total. The van der Waals surface area contributed by atoms with Gasteiger partial charge in [-0.1, -0.05) is 36.4 Å². The van der Waals surface area contributed by atoms with Gasteiger partial charge in [-0.15, -0.1) is 0 Å². The maximum Gasteiger partial charge on any atom is 0.220 e. The summed E-state index contributed by atoms with van der Waals surface area (Å²) < 4.78 is 0. The standard InChI is InChI=1S/C24H30N4O/c1-28(2)21(13-17-8-11-23-20(12-17)15-26-27-23)16-25-24(29)14-22(19-9-10-19)18-6-4-3-5-7-18/h3-8,11-12,15,19,21-22H,9-10,13-14,16H2,1-2H3,(H,25,29)(H,26,27). The number of benzene rings is 2. The first kappa shape index (κ1) is 19.6. The molecule has 0 aliphatic heterocycles. The highest BCUT2D eigenvalue weighted by atomic mass is 16.1. The van der Waals surface area contributed by atoms with Gasteiger partial charge >= 0.3 is 0 Å². The summed E-state index contributed by atoms with van der Waals surface area (Å²) in [7, 11) is 4.15. The summed E-state index contributed by atoms with van der Waals surface area (Å²) in [6, 6.07) is 17.1. The fourth-order valence-electron chi connectivity index (χ4n) is 4.09. The van der Waals surface area contributed by atoms with Crippen LogP contribution in [0.5, 0.6) is 0 Å². The molecule has 5 nitrogen and oxygen atoms in total. The second-order valence-electron chi connectivity index (χ2n) is 8.48. The molecule has 1 aromatic heterocycles. The van der Waals surface area contributed by atoms with E-state index in [4.69, 9.17) is 0 Å². The number of hydrogen-bond donors (Lipinski definition) is 2. The lowest BCUT2D eigenvalue weighted by atomic mass is 9.90. The molecule has 0 bridgehead atoms. The summed E-state index contributed by atoms with van der Waals surface area (Å²) in [5.74, 6) is 1.16. The molecule has 1 aliphatic rings. The molecule has 2 atom stereocenters. The van der Waals surface area contributed by atoms with Gasteiger partial charge < -0.3 is 10.2 Å². The van der Waals surface area contributed by atoms with Gasteiger partial charge in [-0.2, -0.15) is 5.10 Å².